The normalized spacial score (nSPS) is 39.8. The molecule has 4 heteroatoms. The van der Waals surface area contributed by atoms with Crippen LogP contribution >= 0.6 is 0 Å². The fourth-order valence-electron chi connectivity index (χ4n) is 4.73. The topological polar surface area (TPSA) is 0 Å². The Balaban J connectivity index is 1.61. The second kappa shape index (κ2) is 6.25. The lowest BCUT2D eigenvalue weighted by Gasteiger charge is -2.40. The Morgan fingerprint density at radius 2 is 1.35 bits per heavy atom. The van der Waals surface area contributed by atoms with Crippen molar-refractivity contribution >= 4 is 0 Å². The third-order valence-corrected chi connectivity index (χ3v) is 6.30. The van der Waals surface area contributed by atoms with Gasteiger partial charge >= 0.3 is 11.8 Å². The number of halogens is 4. The molecule has 0 atom stereocenters. The Hall–Kier alpha value is -0.800. The summed E-state index contributed by atoms with van der Waals surface area (Å²) in [6.45, 7) is 2.29. The quantitative estimate of drug-likeness (QED) is 0.515. The summed E-state index contributed by atoms with van der Waals surface area (Å²) in [4.78, 5) is 0. The zero-order valence-electron chi connectivity index (χ0n) is 13.7. The smallest absolute Gasteiger partial charge is 0.195 e. The van der Waals surface area contributed by atoms with Gasteiger partial charge in [-0.05, 0) is 68.3 Å². The number of hydrogen-bond acceptors (Lipinski definition) is 0. The van der Waals surface area contributed by atoms with Crippen molar-refractivity contribution in [3.63, 3.8) is 0 Å². The third kappa shape index (κ3) is 3.23. The predicted octanol–water partition coefficient (Wildman–Crippen LogP) is 6.39. The second-order valence-corrected chi connectivity index (χ2v) is 7.81. The fourth-order valence-corrected chi connectivity index (χ4v) is 4.73. The van der Waals surface area contributed by atoms with E-state index in [4.69, 9.17) is 0 Å². The van der Waals surface area contributed by atoms with Crippen molar-refractivity contribution in [3.05, 3.63) is 23.8 Å². The van der Waals surface area contributed by atoms with Crippen LogP contribution in [0, 0.1) is 23.7 Å². The summed E-state index contributed by atoms with van der Waals surface area (Å²) in [5.41, 5.74) is -0.347. The molecule has 3 aliphatic carbocycles. The van der Waals surface area contributed by atoms with Crippen molar-refractivity contribution in [3.8, 4) is 0 Å². The molecule has 2 saturated carbocycles. The molecule has 0 aromatic carbocycles. The molecule has 0 N–H and O–H groups in total. The van der Waals surface area contributed by atoms with E-state index in [1.54, 1.807) is 0 Å². The summed E-state index contributed by atoms with van der Waals surface area (Å²) in [5.74, 6) is -6.34. The molecule has 0 saturated heterocycles. The minimum Gasteiger partial charge on any atom is -0.195 e. The van der Waals surface area contributed by atoms with E-state index >= 15 is 0 Å². The predicted molar refractivity (Wildman–Crippen MR) is 83.7 cm³/mol. The summed E-state index contributed by atoms with van der Waals surface area (Å²) in [6, 6.07) is 0. The first-order valence-corrected chi connectivity index (χ1v) is 8.97. The SMILES string of the molecule is CC1CCC(C2CCC(C3=CC=CC(F)(F)C3(F)F)CC2)CC1. The van der Waals surface area contributed by atoms with Crippen LogP contribution in [0.4, 0.5) is 17.6 Å². The van der Waals surface area contributed by atoms with Gasteiger partial charge in [-0.2, -0.15) is 17.6 Å². The highest BCUT2D eigenvalue weighted by atomic mass is 19.3. The summed E-state index contributed by atoms with van der Waals surface area (Å²) in [7, 11) is 0. The zero-order valence-corrected chi connectivity index (χ0v) is 13.7. The van der Waals surface area contributed by atoms with Crippen LogP contribution in [0.3, 0.4) is 0 Å². The van der Waals surface area contributed by atoms with Gasteiger partial charge in [0.05, 0.1) is 0 Å². The van der Waals surface area contributed by atoms with Crippen molar-refractivity contribution in [2.24, 2.45) is 23.7 Å². The first kappa shape index (κ1) is 17.0. The lowest BCUT2D eigenvalue weighted by molar-refractivity contribution is -0.161. The first-order chi connectivity index (χ1) is 10.8. The van der Waals surface area contributed by atoms with Gasteiger partial charge in [0.15, 0.2) is 0 Å². The Kier molecular flexibility index (Phi) is 4.63. The first-order valence-electron chi connectivity index (χ1n) is 8.97. The monoisotopic (exact) mass is 330 g/mol. The highest BCUT2D eigenvalue weighted by Gasteiger charge is 2.59. The maximum absolute atomic E-state index is 14.1. The molecule has 23 heavy (non-hydrogen) atoms. The lowest BCUT2D eigenvalue weighted by Crippen LogP contribution is -2.44. The largest absolute Gasteiger partial charge is 0.335 e. The average Bonchev–Trinajstić information content (AvgIpc) is 2.51. The van der Waals surface area contributed by atoms with E-state index in [9.17, 15) is 17.6 Å². The van der Waals surface area contributed by atoms with Crippen LogP contribution in [-0.2, 0) is 0 Å². The van der Waals surface area contributed by atoms with Crippen molar-refractivity contribution in [2.75, 3.05) is 0 Å². The molecule has 0 heterocycles. The third-order valence-electron chi connectivity index (χ3n) is 6.30. The summed E-state index contributed by atoms with van der Waals surface area (Å²) < 4.78 is 55.1. The number of allylic oxidation sites excluding steroid dienone is 4. The Labute approximate surface area is 136 Å². The molecule has 0 aromatic heterocycles. The number of alkyl halides is 4. The standard InChI is InChI=1S/C19H26F4/c1-13-4-6-14(7-5-13)15-8-10-16(11-9-15)17-3-2-12-18(20,21)19(17,22)23/h2-3,12-16H,4-11H2,1H3. The molecule has 0 bridgehead atoms. The van der Waals surface area contributed by atoms with Gasteiger partial charge in [-0.25, -0.2) is 0 Å². The second-order valence-electron chi connectivity index (χ2n) is 7.81. The molecule has 0 amide bonds. The van der Waals surface area contributed by atoms with Gasteiger partial charge in [-0.3, -0.25) is 0 Å². The minimum absolute atomic E-state index is 0.325. The highest BCUT2D eigenvalue weighted by Crippen LogP contribution is 2.50. The molecule has 130 valence electrons. The molecule has 0 aliphatic heterocycles. The number of rotatable bonds is 2. The van der Waals surface area contributed by atoms with Gasteiger partial charge < -0.3 is 0 Å². The van der Waals surface area contributed by atoms with Gasteiger partial charge in [0, 0.05) is 5.57 Å². The maximum Gasteiger partial charge on any atom is 0.335 e. The molecule has 3 rings (SSSR count). The van der Waals surface area contributed by atoms with Gasteiger partial charge in [0.1, 0.15) is 0 Å². The van der Waals surface area contributed by atoms with Crippen molar-refractivity contribution < 1.29 is 17.6 Å². The summed E-state index contributed by atoms with van der Waals surface area (Å²) >= 11 is 0. The van der Waals surface area contributed by atoms with E-state index < -0.39 is 11.8 Å². The molecule has 0 unspecified atom stereocenters. The summed E-state index contributed by atoms with van der Waals surface area (Å²) in [5, 5.41) is 0. The van der Waals surface area contributed by atoms with Crippen LogP contribution < -0.4 is 0 Å². The molecule has 0 spiro atoms. The Morgan fingerprint density at radius 1 is 0.826 bits per heavy atom. The molecule has 2 fully saturated rings. The Bertz CT molecular complexity index is 476. The Morgan fingerprint density at radius 3 is 1.91 bits per heavy atom. The zero-order chi connectivity index (χ0) is 16.7. The molecular weight excluding hydrogens is 304 g/mol. The van der Waals surface area contributed by atoms with Crippen LogP contribution in [-0.4, -0.2) is 11.8 Å². The van der Waals surface area contributed by atoms with Crippen LogP contribution in [0.25, 0.3) is 0 Å². The van der Waals surface area contributed by atoms with Gasteiger partial charge in [0.25, 0.3) is 0 Å². The minimum atomic E-state index is -4.05. The maximum atomic E-state index is 14.1. The van der Waals surface area contributed by atoms with Crippen LogP contribution in [0.1, 0.15) is 58.3 Å². The molecular formula is C19H26F4. The van der Waals surface area contributed by atoms with Gasteiger partial charge in [0.2, 0.25) is 0 Å². The molecule has 0 nitrogen and oxygen atoms in total. The van der Waals surface area contributed by atoms with E-state index in [0.717, 1.165) is 24.8 Å². The molecule has 3 aliphatic rings. The highest BCUT2D eigenvalue weighted by molar-refractivity contribution is 5.33. The van der Waals surface area contributed by atoms with Crippen molar-refractivity contribution in [2.45, 2.75) is 70.1 Å². The van der Waals surface area contributed by atoms with Crippen LogP contribution in [0.5, 0.6) is 0 Å². The van der Waals surface area contributed by atoms with Crippen molar-refractivity contribution in [1.29, 1.82) is 0 Å². The summed E-state index contributed by atoms with van der Waals surface area (Å²) in [6.07, 6.45) is 10.8. The van der Waals surface area contributed by atoms with E-state index in [1.165, 1.54) is 31.8 Å². The van der Waals surface area contributed by atoms with Crippen molar-refractivity contribution in [1.82, 2.24) is 0 Å². The lowest BCUT2D eigenvalue weighted by atomic mass is 9.67. The van der Waals surface area contributed by atoms with Crippen LogP contribution in [0.15, 0.2) is 23.8 Å². The molecule has 0 radical (unpaired) electrons. The van der Waals surface area contributed by atoms with E-state index in [-0.39, 0.29) is 11.5 Å². The fraction of sp³-hybridized carbons (Fsp3) is 0.789. The van der Waals surface area contributed by atoms with E-state index in [2.05, 4.69) is 6.92 Å². The number of hydrogen-bond donors (Lipinski definition) is 0. The van der Waals surface area contributed by atoms with Gasteiger partial charge in [-0.15, -0.1) is 0 Å². The average molecular weight is 330 g/mol. The van der Waals surface area contributed by atoms with Gasteiger partial charge in [-0.1, -0.05) is 31.9 Å². The van der Waals surface area contributed by atoms with E-state index in [0.29, 0.717) is 30.8 Å². The van der Waals surface area contributed by atoms with E-state index in [1.807, 2.05) is 0 Å². The molecule has 0 aromatic rings. The van der Waals surface area contributed by atoms with Crippen LogP contribution in [0.2, 0.25) is 0 Å².